The van der Waals surface area contributed by atoms with Crippen LogP contribution >= 0.6 is 11.3 Å². The van der Waals surface area contributed by atoms with Crippen LogP contribution < -0.4 is 15.0 Å². The van der Waals surface area contributed by atoms with Gasteiger partial charge in [-0.15, -0.1) is 11.3 Å². The molecular weight excluding hydrogens is 544 g/mol. The lowest BCUT2D eigenvalue weighted by Gasteiger charge is -2.17. The SMILES string of the molecule is CCCCCCCCC(=O)Nc1ccc(OC)c(C2=NC(n3nc(C)cc3C)=NC2=Cc2ccc(N(CC)CC)s2)c1. The zero-order valence-corrected chi connectivity index (χ0v) is 26.7. The van der Waals surface area contributed by atoms with Gasteiger partial charge in [-0.3, -0.25) is 4.79 Å². The van der Waals surface area contributed by atoms with E-state index < -0.39 is 0 Å². The van der Waals surface area contributed by atoms with Gasteiger partial charge in [0.15, 0.2) is 0 Å². The summed E-state index contributed by atoms with van der Waals surface area (Å²) in [5.74, 6) is 1.18. The second-order valence-electron chi connectivity index (χ2n) is 10.6. The van der Waals surface area contributed by atoms with Crippen molar-refractivity contribution in [3.8, 4) is 5.75 Å². The van der Waals surface area contributed by atoms with Gasteiger partial charge in [-0.1, -0.05) is 39.0 Å². The fraction of sp³-hybridized carbons (Fsp3) is 0.455. The summed E-state index contributed by atoms with van der Waals surface area (Å²) in [5.41, 5.74) is 4.74. The number of carbonyl (C=O) groups is 1. The number of thiophene rings is 1. The Balaban J connectivity index is 1.64. The van der Waals surface area contributed by atoms with Gasteiger partial charge in [0.1, 0.15) is 11.5 Å². The summed E-state index contributed by atoms with van der Waals surface area (Å²) < 4.78 is 7.53. The number of aliphatic imine (C=N–C) groups is 2. The molecule has 1 N–H and O–H groups in total. The van der Waals surface area contributed by atoms with Crippen molar-refractivity contribution in [1.82, 2.24) is 9.78 Å². The Bertz CT molecular complexity index is 1460. The van der Waals surface area contributed by atoms with Crippen LogP contribution in [0.15, 0.2) is 52.1 Å². The van der Waals surface area contributed by atoms with Gasteiger partial charge in [-0.2, -0.15) is 5.10 Å². The van der Waals surface area contributed by atoms with Crippen LogP contribution in [0.1, 0.15) is 87.5 Å². The summed E-state index contributed by atoms with van der Waals surface area (Å²) in [6, 6.07) is 12.0. The van der Waals surface area contributed by atoms with E-state index in [-0.39, 0.29) is 5.91 Å². The summed E-state index contributed by atoms with van der Waals surface area (Å²) in [7, 11) is 1.65. The Labute approximate surface area is 254 Å². The number of carbonyl (C=O) groups excluding carboxylic acids is 1. The standard InChI is InChI=1S/C33H44N6O2S/c1-7-10-11-12-13-14-15-30(40)34-25-16-18-29(41-6)27(21-25)32-28(22-26-17-19-31(42-26)38(8-2)9-3)35-33(36-32)39-24(5)20-23(4)37-39/h16-22H,7-15H2,1-6H3,(H,34,40). The number of benzene rings is 1. The van der Waals surface area contributed by atoms with Gasteiger partial charge in [0.2, 0.25) is 5.91 Å². The lowest BCUT2D eigenvalue weighted by molar-refractivity contribution is -0.116. The van der Waals surface area contributed by atoms with Crippen LogP contribution in [-0.2, 0) is 4.79 Å². The first-order valence-electron chi connectivity index (χ1n) is 15.1. The third kappa shape index (κ3) is 7.76. The fourth-order valence-electron chi connectivity index (χ4n) is 5.09. The van der Waals surface area contributed by atoms with E-state index in [4.69, 9.17) is 14.7 Å². The largest absolute Gasteiger partial charge is 0.496 e. The Morgan fingerprint density at radius 3 is 2.45 bits per heavy atom. The van der Waals surface area contributed by atoms with Crippen LogP contribution in [0.4, 0.5) is 10.7 Å². The molecule has 0 bridgehead atoms. The number of nitrogens with one attached hydrogen (secondary N) is 1. The number of rotatable bonds is 14. The van der Waals surface area contributed by atoms with Gasteiger partial charge in [-0.25, -0.2) is 14.7 Å². The Morgan fingerprint density at radius 1 is 1.00 bits per heavy atom. The molecule has 1 amide bonds. The van der Waals surface area contributed by atoms with Crippen LogP contribution in [0, 0.1) is 13.8 Å². The second-order valence-corrected chi connectivity index (χ2v) is 11.7. The van der Waals surface area contributed by atoms with E-state index >= 15 is 0 Å². The van der Waals surface area contributed by atoms with E-state index in [0.29, 0.717) is 29.5 Å². The average molecular weight is 589 g/mol. The second kappa shape index (κ2) is 15.0. The zero-order valence-electron chi connectivity index (χ0n) is 25.9. The molecule has 1 aliphatic rings. The molecule has 42 heavy (non-hydrogen) atoms. The molecule has 9 heteroatoms. The fourth-order valence-corrected chi connectivity index (χ4v) is 6.16. The molecule has 1 aliphatic heterocycles. The predicted octanol–water partition coefficient (Wildman–Crippen LogP) is 7.85. The number of unbranched alkanes of at least 4 members (excludes halogenated alkanes) is 5. The van der Waals surface area contributed by atoms with Crippen molar-refractivity contribution in [3.05, 3.63) is 63.9 Å². The minimum Gasteiger partial charge on any atom is -0.496 e. The van der Waals surface area contributed by atoms with Gasteiger partial charge in [-0.05, 0) is 76.6 Å². The Kier molecular flexibility index (Phi) is 11.1. The molecule has 0 atom stereocenters. The molecule has 4 rings (SSSR count). The maximum Gasteiger partial charge on any atom is 0.252 e. The molecule has 8 nitrogen and oxygen atoms in total. The molecule has 0 fully saturated rings. The molecule has 3 heterocycles. The van der Waals surface area contributed by atoms with E-state index in [1.54, 1.807) is 23.1 Å². The highest BCUT2D eigenvalue weighted by atomic mass is 32.1. The number of anilines is 2. The summed E-state index contributed by atoms with van der Waals surface area (Å²) in [5, 5.41) is 8.92. The minimum atomic E-state index is 0.0211. The lowest BCUT2D eigenvalue weighted by Crippen LogP contribution is -2.20. The maximum absolute atomic E-state index is 12.8. The number of allylic oxidation sites excluding steroid dienone is 1. The molecule has 2 aromatic heterocycles. The quantitative estimate of drug-likeness (QED) is 0.194. The van der Waals surface area contributed by atoms with Gasteiger partial charge in [0.05, 0.1) is 23.5 Å². The van der Waals surface area contributed by atoms with E-state index in [0.717, 1.165) is 53.5 Å². The average Bonchev–Trinajstić information content (AvgIpc) is 3.70. The molecule has 3 aromatic rings. The van der Waals surface area contributed by atoms with Crippen LogP contribution in [0.25, 0.3) is 6.08 Å². The van der Waals surface area contributed by atoms with Crippen molar-refractivity contribution in [2.45, 2.75) is 79.6 Å². The number of aromatic nitrogens is 2. The summed E-state index contributed by atoms with van der Waals surface area (Å²) in [4.78, 5) is 26.1. The number of nitrogens with zero attached hydrogens (tertiary/aromatic N) is 5. The van der Waals surface area contributed by atoms with Gasteiger partial charge < -0.3 is 15.0 Å². The van der Waals surface area contributed by atoms with Crippen molar-refractivity contribution < 1.29 is 9.53 Å². The molecule has 0 saturated heterocycles. The first kappa shape index (κ1) is 31.2. The lowest BCUT2D eigenvalue weighted by atomic mass is 10.0. The van der Waals surface area contributed by atoms with E-state index in [1.165, 1.54) is 30.7 Å². The summed E-state index contributed by atoms with van der Waals surface area (Å²) >= 11 is 1.73. The molecule has 0 aliphatic carbocycles. The molecule has 0 spiro atoms. The van der Waals surface area contributed by atoms with E-state index in [2.05, 4.69) is 54.3 Å². The highest BCUT2D eigenvalue weighted by molar-refractivity contribution is 7.17. The Morgan fingerprint density at radius 2 is 1.76 bits per heavy atom. The first-order valence-corrected chi connectivity index (χ1v) is 15.9. The monoisotopic (exact) mass is 588 g/mol. The number of hydrogen-bond donors (Lipinski definition) is 1. The number of ether oxygens (including phenoxy) is 1. The third-order valence-electron chi connectivity index (χ3n) is 7.34. The van der Waals surface area contributed by atoms with Crippen molar-refractivity contribution >= 4 is 45.7 Å². The highest BCUT2D eigenvalue weighted by Gasteiger charge is 2.25. The molecule has 1 aromatic carbocycles. The smallest absolute Gasteiger partial charge is 0.252 e. The topological polar surface area (TPSA) is 84.1 Å². The normalized spacial score (nSPS) is 13.8. The number of aryl methyl sites for hydroxylation is 2. The van der Waals surface area contributed by atoms with E-state index in [1.807, 2.05) is 38.1 Å². The van der Waals surface area contributed by atoms with Crippen LogP contribution in [0.5, 0.6) is 5.75 Å². The van der Waals surface area contributed by atoms with Crippen molar-refractivity contribution in [2.24, 2.45) is 9.98 Å². The third-order valence-corrected chi connectivity index (χ3v) is 8.43. The molecule has 0 radical (unpaired) electrons. The van der Waals surface area contributed by atoms with Crippen molar-refractivity contribution in [2.75, 3.05) is 30.4 Å². The molecule has 224 valence electrons. The summed E-state index contributed by atoms with van der Waals surface area (Å²) in [6.07, 6.45) is 9.46. The van der Waals surface area contributed by atoms with Gasteiger partial charge in [0.25, 0.3) is 5.96 Å². The number of amides is 1. The minimum absolute atomic E-state index is 0.0211. The highest BCUT2D eigenvalue weighted by Crippen LogP contribution is 2.33. The summed E-state index contributed by atoms with van der Waals surface area (Å²) in [6.45, 7) is 12.4. The Hall–Kier alpha value is -3.72. The number of hydrogen-bond acceptors (Lipinski definition) is 7. The first-order chi connectivity index (χ1) is 20.4. The van der Waals surface area contributed by atoms with Gasteiger partial charge >= 0.3 is 0 Å². The maximum atomic E-state index is 12.8. The molecule has 0 saturated carbocycles. The van der Waals surface area contributed by atoms with Crippen LogP contribution in [-0.4, -0.2) is 47.6 Å². The van der Waals surface area contributed by atoms with Crippen LogP contribution in [0.3, 0.4) is 0 Å². The van der Waals surface area contributed by atoms with Crippen molar-refractivity contribution in [3.63, 3.8) is 0 Å². The zero-order chi connectivity index (χ0) is 30.1. The molecule has 0 unspecified atom stereocenters. The van der Waals surface area contributed by atoms with E-state index in [9.17, 15) is 4.79 Å². The predicted molar refractivity (Wildman–Crippen MR) is 177 cm³/mol. The van der Waals surface area contributed by atoms with Gasteiger partial charge in [0, 0.05) is 41.3 Å². The number of methoxy groups -OCH3 is 1. The van der Waals surface area contributed by atoms with Crippen LogP contribution in [0.2, 0.25) is 0 Å². The molecular formula is C33H44N6O2S. The van der Waals surface area contributed by atoms with Crippen molar-refractivity contribution in [1.29, 1.82) is 0 Å².